The highest BCUT2D eigenvalue weighted by Gasteiger charge is 2.32. The Morgan fingerprint density at radius 1 is 1.34 bits per heavy atom. The van der Waals surface area contributed by atoms with E-state index in [1.165, 1.54) is 12.1 Å². The summed E-state index contributed by atoms with van der Waals surface area (Å²) in [5.41, 5.74) is 0.542. The molecule has 1 aromatic carbocycles. The Balaban J connectivity index is 1.44. The summed E-state index contributed by atoms with van der Waals surface area (Å²) in [5, 5.41) is 11.8. The van der Waals surface area contributed by atoms with Crippen LogP contribution in [0.2, 0.25) is 0 Å². The molecule has 12 heteroatoms. The van der Waals surface area contributed by atoms with Crippen molar-refractivity contribution in [2.45, 2.75) is 25.7 Å². The van der Waals surface area contributed by atoms with Crippen molar-refractivity contribution in [2.24, 2.45) is 0 Å². The highest BCUT2D eigenvalue weighted by atomic mass is 19.4. The maximum absolute atomic E-state index is 12.7. The summed E-state index contributed by atoms with van der Waals surface area (Å²) in [4.78, 5) is 18.3. The van der Waals surface area contributed by atoms with Gasteiger partial charge in [0, 0.05) is 18.7 Å². The van der Waals surface area contributed by atoms with Crippen LogP contribution >= 0.6 is 0 Å². The summed E-state index contributed by atoms with van der Waals surface area (Å²) in [7, 11) is 0. The molecule has 1 atom stereocenters. The van der Waals surface area contributed by atoms with Gasteiger partial charge in [-0.25, -0.2) is 4.68 Å². The molecule has 3 aromatic rings. The molecule has 3 heterocycles. The Bertz CT molecular complexity index is 1030. The van der Waals surface area contributed by atoms with Crippen LogP contribution in [0.5, 0.6) is 5.75 Å². The molecule has 1 unspecified atom stereocenters. The minimum atomic E-state index is -4.82. The van der Waals surface area contributed by atoms with E-state index in [1.807, 2.05) is 0 Å². The number of carbonyl (C=O) groups excluding carboxylic acids is 1. The summed E-state index contributed by atoms with van der Waals surface area (Å²) in [5.74, 6) is -0.0899. The maximum Gasteiger partial charge on any atom is 0.573 e. The van der Waals surface area contributed by atoms with Crippen LogP contribution < -0.4 is 4.74 Å². The van der Waals surface area contributed by atoms with Crippen LogP contribution in [-0.4, -0.2) is 55.4 Å². The number of rotatable bonds is 4. The van der Waals surface area contributed by atoms with Crippen molar-refractivity contribution in [3.63, 3.8) is 0 Å². The number of likely N-dealkylation sites (tertiary alicyclic amines) is 1. The molecule has 0 saturated carbocycles. The van der Waals surface area contributed by atoms with Gasteiger partial charge in [-0.3, -0.25) is 4.79 Å². The Kier molecular flexibility index (Phi) is 4.68. The average Bonchev–Trinajstić information content (AvgIpc) is 3.39. The molecule has 0 bridgehead atoms. The predicted octanol–water partition coefficient (Wildman–Crippen LogP) is 2.62. The standard InChI is InChI=1S/C17H15F3N6O3/c1-10-21-15(29-23-10)14-9-26(24-22-14)12-5-6-25(8-12)16(27)11-3-2-4-13(7-11)28-17(18,19)20/h2-4,7,9,12H,5-6,8H2,1H3. The van der Waals surface area contributed by atoms with E-state index >= 15 is 0 Å². The number of ether oxygens (including phenoxy) is 1. The molecule has 152 valence electrons. The number of benzene rings is 1. The lowest BCUT2D eigenvalue weighted by molar-refractivity contribution is -0.274. The van der Waals surface area contributed by atoms with Crippen LogP contribution in [-0.2, 0) is 0 Å². The molecule has 0 spiro atoms. The van der Waals surface area contributed by atoms with Gasteiger partial charge in [-0.1, -0.05) is 16.4 Å². The van der Waals surface area contributed by atoms with Gasteiger partial charge in [0.05, 0.1) is 12.2 Å². The third kappa shape index (κ3) is 4.20. The molecule has 4 rings (SSSR count). The van der Waals surface area contributed by atoms with Crippen LogP contribution in [0.15, 0.2) is 35.0 Å². The third-order valence-corrected chi connectivity index (χ3v) is 4.40. The first kappa shape index (κ1) is 18.9. The second-order valence-corrected chi connectivity index (χ2v) is 6.50. The van der Waals surface area contributed by atoms with Gasteiger partial charge in [0.1, 0.15) is 5.75 Å². The number of carbonyl (C=O) groups is 1. The molecule has 0 aliphatic carbocycles. The van der Waals surface area contributed by atoms with E-state index in [2.05, 4.69) is 25.2 Å². The number of nitrogens with zero attached hydrogens (tertiary/aromatic N) is 6. The number of alkyl halides is 3. The molecule has 1 aliphatic rings. The lowest BCUT2D eigenvalue weighted by atomic mass is 10.2. The highest BCUT2D eigenvalue weighted by molar-refractivity contribution is 5.94. The monoisotopic (exact) mass is 408 g/mol. The summed E-state index contributed by atoms with van der Waals surface area (Å²) in [6.07, 6.45) is -2.54. The smallest absolute Gasteiger partial charge is 0.406 e. The van der Waals surface area contributed by atoms with Gasteiger partial charge in [0.25, 0.3) is 11.8 Å². The summed E-state index contributed by atoms with van der Waals surface area (Å²) >= 11 is 0. The SMILES string of the molecule is Cc1noc(-c2cn(C3CCN(C(=O)c4cccc(OC(F)(F)F)c4)C3)nn2)n1. The quantitative estimate of drug-likeness (QED) is 0.654. The molecular weight excluding hydrogens is 393 g/mol. The molecular formula is C17H15F3N6O3. The molecule has 0 radical (unpaired) electrons. The zero-order chi connectivity index (χ0) is 20.6. The Hall–Kier alpha value is -3.44. The van der Waals surface area contributed by atoms with Gasteiger partial charge in [0.15, 0.2) is 11.5 Å². The van der Waals surface area contributed by atoms with Gasteiger partial charge < -0.3 is 14.2 Å². The van der Waals surface area contributed by atoms with Gasteiger partial charge in [-0.15, -0.1) is 18.3 Å². The minimum Gasteiger partial charge on any atom is -0.406 e. The first-order valence-corrected chi connectivity index (χ1v) is 8.66. The lowest BCUT2D eigenvalue weighted by Crippen LogP contribution is -2.29. The first-order chi connectivity index (χ1) is 13.8. The second-order valence-electron chi connectivity index (χ2n) is 6.50. The Morgan fingerprint density at radius 3 is 2.90 bits per heavy atom. The molecule has 1 fully saturated rings. The third-order valence-electron chi connectivity index (χ3n) is 4.40. The van der Waals surface area contributed by atoms with E-state index in [0.29, 0.717) is 31.0 Å². The summed E-state index contributed by atoms with van der Waals surface area (Å²) < 4.78 is 47.7. The fraction of sp³-hybridized carbons (Fsp3) is 0.353. The van der Waals surface area contributed by atoms with Crippen LogP contribution in [0.3, 0.4) is 0 Å². The highest BCUT2D eigenvalue weighted by Crippen LogP contribution is 2.27. The van der Waals surface area contributed by atoms with Crippen molar-refractivity contribution in [1.82, 2.24) is 30.0 Å². The van der Waals surface area contributed by atoms with E-state index in [-0.39, 0.29) is 23.4 Å². The van der Waals surface area contributed by atoms with Crippen molar-refractivity contribution in [1.29, 1.82) is 0 Å². The number of hydrogen-bond acceptors (Lipinski definition) is 7. The predicted molar refractivity (Wildman–Crippen MR) is 90.7 cm³/mol. The van der Waals surface area contributed by atoms with Crippen molar-refractivity contribution in [3.8, 4) is 17.3 Å². The second kappa shape index (κ2) is 7.18. The Labute approximate surface area is 162 Å². The van der Waals surface area contributed by atoms with Crippen LogP contribution in [0, 0.1) is 6.92 Å². The van der Waals surface area contributed by atoms with Crippen LogP contribution in [0.4, 0.5) is 13.2 Å². The molecule has 2 aromatic heterocycles. The fourth-order valence-corrected chi connectivity index (χ4v) is 3.11. The summed E-state index contributed by atoms with van der Waals surface area (Å²) in [6.45, 7) is 2.46. The van der Waals surface area contributed by atoms with Gasteiger partial charge in [0.2, 0.25) is 0 Å². The number of aryl methyl sites for hydroxylation is 1. The van der Waals surface area contributed by atoms with E-state index in [9.17, 15) is 18.0 Å². The molecule has 0 N–H and O–H groups in total. The average molecular weight is 408 g/mol. The number of hydrogen-bond donors (Lipinski definition) is 0. The first-order valence-electron chi connectivity index (χ1n) is 8.66. The van der Waals surface area contributed by atoms with Crippen molar-refractivity contribution in [2.75, 3.05) is 13.1 Å². The number of amides is 1. The largest absolute Gasteiger partial charge is 0.573 e. The van der Waals surface area contributed by atoms with Gasteiger partial charge in [-0.2, -0.15) is 4.98 Å². The molecule has 1 amide bonds. The van der Waals surface area contributed by atoms with Crippen molar-refractivity contribution < 1.29 is 27.2 Å². The fourth-order valence-electron chi connectivity index (χ4n) is 3.11. The summed E-state index contributed by atoms with van der Waals surface area (Å²) in [6, 6.07) is 4.89. The number of halogens is 3. The lowest BCUT2D eigenvalue weighted by Gasteiger charge is -2.17. The zero-order valence-corrected chi connectivity index (χ0v) is 15.1. The van der Waals surface area contributed by atoms with Crippen molar-refractivity contribution >= 4 is 5.91 Å². The minimum absolute atomic E-state index is 0.119. The van der Waals surface area contributed by atoms with Crippen molar-refractivity contribution in [3.05, 3.63) is 41.9 Å². The topological polar surface area (TPSA) is 99.2 Å². The maximum atomic E-state index is 12.7. The molecule has 29 heavy (non-hydrogen) atoms. The van der Waals surface area contributed by atoms with E-state index in [0.717, 1.165) is 12.1 Å². The van der Waals surface area contributed by atoms with Gasteiger partial charge >= 0.3 is 6.36 Å². The normalized spacial score (nSPS) is 17.0. The molecule has 9 nitrogen and oxygen atoms in total. The molecule has 1 saturated heterocycles. The number of aromatic nitrogens is 5. The zero-order valence-electron chi connectivity index (χ0n) is 15.1. The van der Waals surface area contributed by atoms with Gasteiger partial charge in [-0.05, 0) is 31.5 Å². The van der Waals surface area contributed by atoms with Crippen LogP contribution in [0.1, 0.15) is 28.6 Å². The van der Waals surface area contributed by atoms with Crippen LogP contribution in [0.25, 0.3) is 11.6 Å². The van der Waals surface area contributed by atoms with E-state index < -0.39 is 12.1 Å². The van der Waals surface area contributed by atoms with E-state index in [4.69, 9.17) is 4.52 Å². The molecule has 1 aliphatic heterocycles. The van der Waals surface area contributed by atoms with E-state index in [1.54, 1.807) is 22.7 Å². The Morgan fingerprint density at radius 2 is 2.17 bits per heavy atom.